The van der Waals surface area contributed by atoms with Crippen molar-refractivity contribution in [2.75, 3.05) is 5.88 Å². The van der Waals surface area contributed by atoms with Gasteiger partial charge in [-0.2, -0.15) is 0 Å². The fourth-order valence-corrected chi connectivity index (χ4v) is 3.26. The lowest BCUT2D eigenvalue weighted by atomic mass is 9.99. The Labute approximate surface area is 120 Å². The van der Waals surface area contributed by atoms with Crippen LogP contribution in [0.25, 0.3) is 0 Å². The Kier molecular flexibility index (Phi) is 4.31. The maximum absolute atomic E-state index is 12.2. The summed E-state index contributed by atoms with van der Waals surface area (Å²) in [6.07, 6.45) is 4.29. The molecule has 0 bridgehead atoms. The van der Waals surface area contributed by atoms with Crippen LogP contribution in [0.1, 0.15) is 36.0 Å². The molecule has 17 heavy (non-hydrogen) atoms. The average molecular weight is 364 g/mol. The molecule has 1 aromatic carbocycles. The van der Waals surface area contributed by atoms with Crippen molar-refractivity contribution in [3.8, 4) is 0 Å². The summed E-state index contributed by atoms with van der Waals surface area (Å²) in [5.41, 5.74) is 0.557. The van der Waals surface area contributed by atoms with Crippen molar-refractivity contribution in [2.45, 2.75) is 31.2 Å². The van der Waals surface area contributed by atoms with E-state index in [1.54, 1.807) is 0 Å². The molecule has 1 aliphatic carbocycles. The minimum Gasteiger partial charge on any atom is -0.345 e. The minimum absolute atomic E-state index is 0.00227. The van der Waals surface area contributed by atoms with E-state index in [0.29, 0.717) is 5.88 Å². The van der Waals surface area contributed by atoms with Gasteiger partial charge in [0.1, 0.15) is 0 Å². The highest BCUT2D eigenvalue weighted by Gasteiger charge is 2.34. The number of hydrogen-bond acceptors (Lipinski definition) is 1. The number of rotatable bonds is 3. The van der Waals surface area contributed by atoms with Crippen LogP contribution in [0.5, 0.6) is 0 Å². The maximum Gasteiger partial charge on any atom is 0.252 e. The number of hydrogen-bond donors (Lipinski definition) is 1. The molecule has 0 radical (unpaired) electrons. The predicted octanol–water partition coefficient (Wildman–Crippen LogP) is 3.57. The standard InChI is InChI=1S/C13H15ClINO/c14-9-13(7-3-4-8-13)16-12(17)10-5-1-2-6-11(10)15/h1-2,5-6H,3-4,7-9H2,(H,16,17). The van der Waals surface area contributed by atoms with E-state index < -0.39 is 0 Å². The van der Waals surface area contributed by atoms with Crippen molar-refractivity contribution in [1.29, 1.82) is 0 Å². The lowest BCUT2D eigenvalue weighted by molar-refractivity contribution is 0.0908. The SMILES string of the molecule is O=C(NC1(CCl)CCCC1)c1ccccc1I. The molecule has 1 aliphatic rings. The van der Waals surface area contributed by atoms with Crippen LogP contribution in [0.3, 0.4) is 0 Å². The molecular weight excluding hydrogens is 349 g/mol. The highest BCUT2D eigenvalue weighted by molar-refractivity contribution is 14.1. The Morgan fingerprint density at radius 2 is 2.00 bits per heavy atom. The van der Waals surface area contributed by atoms with Crippen LogP contribution in [0.4, 0.5) is 0 Å². The van der Waals surface area contributed by atoms with Gasteiger partial charge in [0.05, 0.1) is 11.1 Å². The normalized spacial score (nSPS) is 18.0. The summed E-state index contributed by atoms with van der Waals surface area (Å²) < 4.78 is 0.977. The molecule has 0 unspecified atom stereocenters. The van der Waals surface area contributed by atoms with E-state index in [0.717, 1.165) is 34.8 Å². The van der Waals surface area contributed by atoms with Crippen molar-refractivity contribution < 1.29 is 4.79 Å². The lowest BCUT2D eigenvalue weighted by Crippen LogP contribution is -2.48. The number of amides is 1. The second-order valence-electron chi connectivity index (χ2n) is 4.56. The molecule has 1 N–H and O–H groups in total. The summed E-state index contributed by atoms with van der Waals surface area (Å²) in [6, 6.07) is 7.62. The molecule has 92 valence electrons. The Morgan fingerprint density at radius 3 is 2.59 bits per heavy atom. The molecule has 1 aromatic rings. The van der Waals surface area contributed by atoms with Gasteiger partial charge in [-0.25, -0.2) is 0 Å². The zero-order valence-electron chi connectivity index (χ0n) is 9.51. The van der Waals surface area contributed by atoms with Gasteiger partial charge in [-0.05, 0) is 47.6 Å². The molecule has 0 aromatic heterocycles. The molecule has 1 saturated carbocycles. The van der Waals surface area contributed by atoms with Gasteiger partial charge in [-0.15, -0.1) is 11.6 Å². The monoisotopic (exact) mass is 363 g/mol. The van der Waals surface area contributed by atoms with Gasteiger partial charge < -0.3 is 5.32 Å². The van der Waals surface area contributed by atoms with Crippen molar-refractivity contribution in [1.82, 2.24) is 5.32 Å². The second-order valence-corrected chi connectivity index (χ2v) is 5.98. The third-order valence-corrected chi connectivity index (χ3v) is 4.77. The first kappa shape index (κ1) is 13.1. The van der Waals surface area contributed by atoms with Crippen LogP contribution >= 0.6 is 34.2 Å². The van der Waals surface area contributed by atoms with E-state index >= 15 is 0 Å². The Bertz CT molecular complexity index is 416. The van der Waals surface area contributed by atoms with Crippen LogP contribution in [0, 0.1) is 3.57 Å². The summed E-state index contributed by atoms with van der Waals surface area (Å²) in [7, 11) is 0. The van der Waals surface area contributed by atoms with Gasteiger partial charge in [0, 0.05) is 9.45 Å². The number of nitrogens with one attached hydrogen (secondary N) is 1. The quantitative estimate of drug-likeness (QED) is 0.645. The van der Waals surface area contributed by atoms with Crippen LogP contribution in [-0.2, 0) is 0 Å². The molecule has 2 nitrogen and oxygen atoms in total. The van der Waals surface area contributed by atoms with Crippen LogP contribution in [0.2, 0.25) is 0 Å². The molecule has 0 spiro atoms. The number of carbonyl (C=O) groups is 1. The highest BCUT2D eigenvalue weighted by Crippen LogP contribution is 2.31. The van der Waals surface area contributed by atoms with Crippen LogP contribution in [-0.4, -0.2) is 17.3 Å². The zero-order valence-corrected chi connectivity index (χ0v) is 12.4. The Morgan fingerprint density at radius 1 is 1.35 bits per heavy atom. The molecule has 0 heterocycles. The minimum atomic E-state index is -0.183. The van der Waals surface area contributed by atoms with Gasteiger partial charge in [-0.3, -0.25) is 4.79 Å². The summed E-state index contributed by atoms with van der Waals surface area (Å²) >= 11 is 8.20. The van der Waals surface area contributed by atoms with E-state index in [-0.39, 0.29) is 11.4 Å². The molecule has 0 atom stereocenters. The molecule has 0 aliphatic heterocycles. The molecule has 1 fully saturated rings. The fourth-order valence-electron chi connectivity index (χ4n) is 2.30. The first-order valence-corrected chi connectivity index (χ1v) is 7.41. The largest absolute Gasteiger partial charge is 0.345 e. The van der Waals surface area contributed by atoms with Gasteiger partial charge in [0.15, 0.2) is 0 Å². The highest BCUT2D eigenvalue weighted by atomic mass is 127. The lowest BCUT2D eigenvalue weighted by Gasteiger charge is -2.28. The summed E-state index contributed by atoms with van der Waals surface area (Å²) in [5.74, 6) is 0.500. The van der Waals surface area contributed by atoms with Crippen molar-refractivity contribution >= 4 is 40.1 Å². The number of benzene rings is 1. The number of halogens is 2. The fraction of sp³-hybridized carbons (Fsp3) is 0.462. The molecule has 0 saturated heterocycles. The second kappa shape index (κ2) is 5.57. The third-order valence-electron chi connectivity index (χ3n) is 3.31. The molecule has 2 rings (SSSR count). The van der Waals surface area contributed by atoms with Crippen molar-refractivity contribution in [3.63, 3.8) is 0 Å². The van der Waals surface area contributed by atoms with Gasteiger partial charge in [0.25, 0.3) is 5.91 Å². The summed E-state index contributed by atoms with van der Waals surface area (Å²) in [6.45, 7) is 0. The Balaban J connectivity index is 2.14. The van der Waals surface area contributed by atoms with E-state index in [1.807, 2.05) is 24.3 Å². The third kappa shape index (κ3) is 2.94. The van der Waals surface area contributed by atoms with Gasteiger partial charge >= 0.3 is 0 Å². The van der Waals surface area contributed by atoms with Crippen molar-refractivity contribution in [3.05, 3.63) is 33.4 Å². The zero-order chi connectivity index (χ0) is 12.3. The first-order chi connectivity index (χ1) is 8.17. The molecule has 4 heteroatoms. The smallest absolute Gasteiger partial charge is 0.252 e. The van der Waals surface area contributed by atoms with E-state index in [9.17, 15) is 4.79 Å². The van der Waals surface area contributed by atoms with Crippen molar-refractivity contribution in [2.24, 2.45) is 0 Å². The predicted molar refractivity (Wildman–Crippen MR) is 78.5 cm³/mol. The van der Waals surface area contributed by atoms with E-state index in [1.165, 1.54) is 0 Å². The Hall–Kier alpha value is -0.290. The maximum atomic E-state index is 12.2. The topological polar surface area (TPSA) is 29.1 Å². The average Bonchev–Trinajstić information content (AvgIpc) is 2.79. The molecule has 1 amide bonds. The van der Waals surface area contributed by atoms with E-state index in [4.69, 9.17) is 11.6 Å². The number of alkyl halides is 1. The van der Waals surface area contributed by atoms with Gasteiger partial charge in [-0.1, -0.05) is 25.0 Å². The first-order valence-electron chi connectivity index (χ1n) is 5.80. The van der Waals surface area contributed by atoms with Crippen LogP contribution < -0.4 is 5.32 Å². The van der Waals surface area contributed by atoms with Crippen LogP contribution in [0.15, 0.2) is 24.3 Å². The number of carbonyl (C=O) groups excluding carboxylic acids is 1. The summed E-state index contributed by atoms with van der Waals surface area (Å²) in [4.78, 5) is 12.2. The van der Waals surface area contributed by atoms with E-state index in [2.05, 4.69) is 27.9 Å². The molecular formula is C13H15ClINO. The van der Waals surface area contributed by atoms with Gasteiger partial charge in [0.2, 0.25) is 0 Å². The summed E-state index contributed by atoms with van der Waals surface area (Å²) in [5, 5.41) is 3.12.